The van der Waals surface area contributed by atoms with Gasteiger partial charge >= 0.3 is 0 Å². The van der Waals surface area contributed by atoms with E-state index in [1.165, 1.54) is 5.69 Å². The van der Waals surface area contributed by atoms with Crippen molar-refractivity contribution in [3.63, 3.8) is 0 Å². The molecule has 0 bridgehead atoms. The molecule has 0 aliphatic carbocycles. The summed E-state index contributed by atoms with van der Waals surface area (Å²) < 4.78 is 6.39. The third-order valence-electron chi connectivity index (χ3n) is 2.82. The predicted octanol–water partition coefficient (Wildman–Crippen LogP) is 2.42. The van der Waals surface area contributed by atoms with Gasteiger partial charge in [0.05, 0.1) is 18.9 Å². The van der Waals surface area contributed by atoms with Gasteiger partial charge in [-0.05, 0) is 40.5 Å². The molecule has 0 aromatic heterocycles. The molecule has 92 valence electrons. The lowest BCUT2D eigenvalue weighted by molar-refractivity contribution is -0.116. The third-order valence-corrected chi connectivity index (χ3v) is 3.45. The molecule has 0 radical (unpaired) electrons. The zero-order valence-corrected chi connectivity index (χ0v) is 11.5. The monoisotopic (exact) mass is 297 g/mol. The lowest BCUT2D eigenvalue weighted by Gasteiger charge is -2.29. The molecule has 2 rings (SSSR count). The fraction of sp³-hybridized carbons (Fsp3) is 0.462. The summed E-state index contributed by atoms with van der Waals surface area (Å²) in [6.07, 6.45) is 0.502. The summed E-state index contributed by atoms with van der Waals surface area (Å²) >= 11 is 3.58. The van der Waals surface area contributed by atoms with E-state index in [-0.39, 0.29) is 5.78 Å². The van der Waals surface area contributed by atoms with E-state index < -0.39 is 0 Å². The highest BCUT2D eigenvalue weighted by molar-refractivity contribution is 9.10. The maximum Gasteiger partial charge on any atom is 0.134 e. The second-order valence-electron chi connectivity index (χ2n) is 4.26. The molecule has 0 atom stereocenters. The van der Waals surface area contributed by atoms with Crippen LogP contribution in [0.3, 0.4) is 0 Å². The van der Waals surface area contributed by atoms with E-state index in [0.29, 0.717) is 6.42 Å². The molecule has 0 unspecified atom stereocenters. The summed E-state index contributed by atoms with van der Waals surface area (Å²) in [6, 6.07) is 6.14. The normalized spacial score (nSPS) is 16.0. The van der Waals surface area contributed by atoms with Crippen LogP contribution in [-0.4, -0.2) is 32.1 Å². The van der Waals surface area contributed by atoms with E-state index in [4.69, 9.17) is 4.74 Å². The molecule has 3 nitrogen and oxygen atoms in total. The highest BCUT2D eigenvalue weighted by Gasteiger charge is 2.14. The minimum atomic E-state index is 0.191. The summed E-state index contributed by atoms with van der Waals surface area (Å²) in [4.78, 5) is 13.4. The van der Waals surface area contributed by atoms with Crippen molar-refractivity contribution in [3.8, 4) is 0 Å². The van der Waals surface area contributed by atoms with Gasteiger partial charge in [0.25, 0.3) is 0 Å². The zero-order chi connectivity index (χ0) is 12.3. The van der Waals surface area contributed by atoms with Crippen LogP contribution in [-0.2, 0) is 16.0 Å². The van der Waals surface area contributed by atoms with E-state index >= 15 is 0 Å². The number of carbonyl (C=O) groups is 1. The standard InChI is InChI=1S/C13H16BrNO2/c1-10(16)8-11-2-3-13(12(14)9-11)15-4-6-17-7-5-15/h2-3,9H,4-8H2,1H3. The van der Waals surface area contributed by atoms with Crippen LogP contribution in [0.25, 0.3) is 0 Å². The molecule has 1 aliphatic rings. The molecule has 1 saturated heterocycles. The van der Waals surface area contributed by atoms with Gasteiger partial charge in [0.1, 0.15) is 5.78 Å². The first-order chi connectivity index (χ1) is 8.16. The number of hydrogen-bond acceptors (Lipinski definition) is 3. The average Bonchev–Trinajstić information content (AvgIpc) is 2.29. The fourth-order valence-electron chi connectivity index (χ4n) is 2.01. The van der Waals surface area contributed by atoms with Crippen molar-refractivity contribution < 1.29 is 9.53 Å². The number of carbonyl (C=O) groups excluding carboxylic acids is 1. The van der Waals surface area contributed by atoms with Gasteiger partial charge in [0.2, 0.25) is 0 Å². The second-order valence-corrected chi connectivity index (χ2v) is 5.12. The van der Waals surface area contributed by atoms with Crippen LogP contribution in [0.5, 0.6) is 0 Å². The zero-order valence-electron chi connectivity index (χ0n) is 9.91. The largest absolute Gasteiger partial charge is 0.378 e. The van der Waals surface area contributed by atoms with Gasteiger partial charge in [-0.25, -0.2) is 0 Å². The predicted molar refractivity (Wildman–Crippen MR) is 71.6 cm³/mol. The van der Waals surface area contributed by atoms with Gasteiger partial charge in [-0.15, -0.1) is 0 Å². The molecule has 17 heavy (non-hydrogen) atoms. The number of rotatable bonds is 3. The number of morpholine rings is 1. The molecule has 4 heteroatoms. The smallest absolute Gasteiger partial charge is 0.134 e. The van der Waals surface area contributed by atoms with Crippen LogP contribution in [0.4, 0.5) is 5.69 Å². The summed E-state index contributed by atoms with van der Waals surface area (Å²) in [5.74, 6) is 0.191. The number of ether oxygens (including phenoxy) is 1. The summed E-state index contributed by atoms with van der Waals surface area (Å²) in [5.41, 5.74) is 2.24. The minimum absolute atomic E-state index is 0.191. The molecular weight excluding hydrogens is 282 g/mol. The number of ketones is 1. The second kappa shape index (κ2) is 5.65. The van der Waals surface area contributed by atoms with E-state index in [0.717, 1.165) is 36.3 Å². The topological polar surface area (TPSA) is 29.5 Å². The number of hydrogen-bond donors (Lipinski definition) is 0. The highest BCUT2D eigenvalue weighted by Crippen LogP contribution is 2.28. The number of benzene rings is 1. The summed E-state index contributed by atoms with van der Waals surface area (Å²) in [5, 5.41) is 0. The van der Waals surface area contributed by atoms with Crippen LogP contribution < -0.4 is 4.90 Å². The maximum atomic E-state index is 11.1. The molecule has 0 saturated carbocycles. The fourth-order valence-corrected chi connectivity index (χ4v) is 2.69. The van der Waals surface area contributed by atoms with Gasteiger partial charge in [0.15, 0.2) is 0 Å². The first-order valence-corrected chi connectivity index (χ1v) is 6.56. The molecule has 1 aliphatic heterocycles. The maximum absolute atomic E-state index is 11.1. The van der Waals surface area contributed by atoms with Gasteiger partial charge < -0.3 is 9.64 Å². The Morgan fingerprint density at radius 3 is 2.71 bits per heavy atom. The number of nitrogens with zero attached hydrogens (tertiary/aromatic N) is 1. The van der Waals surface area contributed by atoms with Crippen molar-refractivity contribution in [3.05, 3.63) is 28.2 Å². The highest BCUT2D eigenvalue weighted by atomic mass is 79.9. The van der Waals surface area contributed by atoms with Crippen LogP contribution in [0.2, 0.25) is 0 Å². The number of anilines is 1. The van der Waals surface area contributed by atoms with Gasteiger partial charge in [-0.2, -0.15) is 0 Å². The lowest BCUT2D eigenvalue weighted by Crippen LogP contribution is -2.36. The molecule has 0 spiro atoms. The Morgan fingerprint density at radius 2 is 2.12 bits per heavy atom. The molecular formula is C13H16BrNO2. The minimum Gasteiger partial charge on any atom is -0.378 e. The average molecular weight is 298 g/mol. The molecule has 1 aromatic carbocycles. The van der Waals surface area contributed by atoms with Gasteiger partial charge in [-0.1, -0.05) is 6.07 Å². The van der Waals surface area contributed by atoms with Gasteiger partial charge in [-0.3, -0.25) is 4.79 Å². The van der Waals surface area contributed by atoms with Crippen molar-refractivity contribution in [2.24, 2.45) is 0 Å². The Kier molecular flexibility index (Phi) is 4.18. The van der Waals surface area contributed by atoms with E-state index in [1.54, 1.807) is 6.92 Å². The molecule has 1 heterocycles. The first-order valence-electron chi connectivity index (χ1n) is 5.77. The number of halogens is 1. The Hall–Kier alpha value is -0.870. The Labute approximate surface area is 110 Å². The van der Waals surface area contributed by atoms with Gasteiger partial charge in [0, 0.05) is 24.0 Å². The van der Waals surface area contributed by atoms with Crippen molar-refractivity contribution in [2.45, 2.75) is 13.3 Å². The van der Waals surface area contributed by atoms with Crippen molar-refractivity contribution in [2.75, 3.05) is 31.2 Å². The van der Waals surface area contributed by atoms with Crippen LogP contribution in [0.15, 0.2) is 22.7 Å². The van der Waals surface area contributed by atoms with Crippen LogP contribution >= 0.6 is 15.9 Å². The number of Topliss-reactive ketones (excluding diaryl/α,β-unsaturated/α-hetero) is 1. The van der Waals surface area contributed by atoms with E-state index in [9.17, 15) is 4.79 Å². The quantitative estimate of drug-likeness (QED) is 0.858. The van der Waals surface area contributed by atoms with Crippen LogP contribution in [0, 0.1) is 0 Å². The molecule has 0 N–H and O–H groups in total. The SMILES string of the molecule is CC(=O)Cc1ccc(N2CCOCC2)c(Br)c1. The Bertz CT molecular complexity index is 414. The van der Waals surface area contributed by atoms with Crippen molar-refractivity contribution in [1.29, 1.82) is 0 Å². The van der Waals surface area contributed by atoms with Crippen molar-refractivity contribution >= 4 is 27.4 Å². The molecule has 0 amide bonds. The summed E-state index contributed by atoms with van der Waals surface area (Å²) in [6.45, 7) is 5.02. The Balaban J connectivity index is 2.15. The molecule has 1 fully saturated rings. The third kappa shape index (κ3) is 3.30. The van der Waals surface area contributed by atoms with E-state index in [1.807, 2.05) is 12.1 Å². The van der Waals surface area contributed by atoms with E-state index in [2.05, 4.69) is 26.9 Å². The van der Waals surface area contributed by atoms with Crippen molar-refractivity contribution in [1.82, 2.24) is 0 Å². The lowest BCUT2D eigenvalue weighted by atomic mass is 10.1. The first kappa shape index (κ1) is 12.6. The van der Waals surface area contributed by atoms with Crippen LogP contribution in [0.1, 0.15) is 12.5 Å². The Morgan fingerprint density at radius 1 is 1.41 bits per heavy atom. The summed E-state index contributed by atoms with van der Waals surface area (Å²) in [7, 11) is 0. The molecule has 1 aromatic rings.